The zero-order valence-corrected chi connectivity index (χ0v) is 8.04. The van der Waals surface area contributed by atoms with E-state index in [4.69, 9.17) is 11.6 Å². The molecule has 0 radical (unpaired) electrons. The third-order valence-electron chi connectivity index (χ3n) is 2.79. The lowest BCUT2D eigenvalue weighted by Crippen LogP contribution is -2.26. The van der Waals surface area contributed by atoms with Gasteiger partial charge in [-0.2, -0.15) is 0 Å². The van der Waals surface area contributed by atoms with Crippen molar-refractivity contribution < 1.29 is 9.59 Å². The van der Waals surface area contributed by atoms with E-state index in [-0.39, 0.29) is 23.7 Å². The number of hydrogen-bond donors (Lipinski definition) is 0. The van der Waals surface area contributed by atoms with Crippen molar-refractivity contribution in [1.29, 1.82) is 0 Å². The molecule has 0 spiro atoms. The predicted molar refractivity (Wildman–Crippen MR) is 47.9 cm³/mol. The summed E-state index contributed by atoms with van der Waals surface area (Å²) in [5, 5.41) is 0.706. The van der Waals surface area contributed by atoms with Gasteiger partial charge in [0.1, 0.15) is 0 Å². The summed E-state index contributed by atoms with van der Waals surface area (Å²) in [7, 11) is 1.54. The van der Waals surface area contributed by atoms with E-state index in [1.54, 1.807) is 0 Å². The summed E-state index contributed by atoms with van der Waals surface area (Å²) in [4.78, 5) is 24.2. The summed E-state index contributed by atoms with van der Waals surface area (Å²) in [6.45, 7) is 0. The molecule has 2 aliphatic rings. The zero-order chi connectivity index (χ0) is 9.59. The Morgan fingerprint density at radius 1 is 1.38 bits per heavy atom. The van der Waals surface area contributed by atoms with E-state index in [0.717, 1.165) is 0 Å². The highest BCUT2D eigenvalue weighted by Crippen LogP contribution is 2.37. The van der Waals surface area contributed by atoms with Crippen LogP contribution in [-0.2, 0) is 9.59 Å². The molecule has 70 valence electrons. The maximum Gasteiger partial charge on any atom is 0.233 e. The number of hydrogen-bond acceptors (Lipinski definition) is 2. The van der Waals surface area contributed by atoms with E-state index in [9.17, 15) is 9.59 Å². The number of carbonyl (C=O) groups is 2. The van der Waals surface area contributed by atoms with Crippen molar-refractivity contribution in [2.45, 2.75) is 12.8 Å². The van der Waals surface area contributed by atoms with Crippen LogP contribution in [-0.4, -0.2) is 23.8 Å². The third kappa shape index (κ3) is 1.18. The molecule has 1 aliphatic carbocycles. The molecule has 0 aromatic carbocycles. The minimum atomic E-state index is -0.199. The number of carbonyl (C=O) groups excluding carboxylic acids is 2. The van der Waals surface area contributed by atoms with E-state index >= 15 is 0 Å². The summed E-state index contributed by atoms with van der Waals surface area (Å²) in [5.41, 5.74) is 0. The van der Waals surface area contributed by atoms with Gasteiger partial charge in [0.15, 0.2) is 0 Å². The fourth-order valence-electron chi connectivity index (χ4n) is 1.99. The molecule has 4 heteroatoms. The van der Waals surface area contributed by atoms with Crippen molar-refractivity contribution >= 4 is 23.4 Å². The standard InChI is InChI=1S/C9H10ClNO2/c1-11-8(12)6-3-2-5(10)4-7(6)9(11)13/h2,6-7H,3-4H2,1H3. The van der Waals surface area contributed by atoms with Gasteiger partial charge in [-0.1, -0.05) is 17.7 Å². The van der Waals surface area contributed by atoms with Gasteiger partial charge in [0, 0.05) is 12.1 Å². The maximum absolute atomic E-state index is 11.5. The molecule has 0 aromatic heterocycles. The molecular formula is C9H10ClNO2. The zero-order valence-electron chi connectivity index (χ0n) is 7.29. The van der Waals surface area contributed by atoms with Gasteiger partial charge in [-0.25, -0.2) is 0 Å². The van der Waals surface area contributed by atoms with Crippen molar-refractivity contribution in [3.8, 4) is 0 Å². The highest BCUT2D eigenvalue weighted by Gasteiger charge is 2.46. The second-order valence-electron chi connectivity index (χ2n) is 3.54. The van der Waals surface area contributed by atoms with Crippen LogP contribution in [0.15, 0.2) is 11.1 Å². The first-order chi connectivity index (χ1) is 6.11. The van der Waals surface area contributed by atoms with Crippen LogP contribution in [0.3, 0.4) is 0 Å². The predicted octanol–water partition coefficient (Wildman–Crippen LogP) is 1.13. The number of rotatable bonds is 0. The average Bonchev–Trinajstić information content (AvgIpc) is 2.32. The van der Waals surface area contributed by atoms with E-state index in [0.29, 0.717) is 17.9 Å². The van der Waals surface area contributed by atoms with Crippen molar-refractivity contribution in [3.63, 3.8) is 0 Å². The van der Waals surface area contributed by atoms with E-state index in [1.165, 1.54) is 11.9 Å². The van der Waals surface area contributed by atoms with E-state index < -0.39 is 0 Å². The molecule has 1 fully saturated rings. The van der Waals surface area contributed by atoms with Gasteiger partial charge >= 0.3 is 0 Å². The normalized spacial score (nSPS) is 33.4. The van der Waals surface area contributed by atoms with Gasteiger partial charge < -0.3 is 0 Å². The van der Waals surface area contributed by atoms with Crippen LogP contribution >= 0.6 is 11.6 Å². The number of likely N-dealkylation sites (tertiary alicyclic amines) is 1. The smallest absolute Gasteiger partial charge is 0.233 e. The van der Waals surface area contributed by atoms with Crippen LogP contribution < -0.4 is 0 Å². The summed E-state index contributed by atoms with van der Waals surface area (Å²) < 4.78 is 0. The molecule has 1 heterocycles. The summed E-state index contributed by atoms with van der Waals surface area (Å²) in [6, 6.07) is 0. The number of amides is 2. The number of allylic oxidation sites excluding steroid dienone is 2. The van der Waals surface area contributed by atoms with Gasteiger partial charge in [0.2, 0.25) is 11.8 Å². The SMILES string of the molecule is CN1C(=O)C2CC=C(Cl)CC2C1=O. The Kier molecular flexibility index (Phi) is 1.91. The Bertz CT molecular complexity index is 311. The number of nitrogens with zero attached hydrogens (tertiary/aromatic N) is 1. The highest BCUT2D eigenvalue weighted by molar-refractivity contribution is 6.30. The second-order valence-corrected chi connectivity index (χ2v) is 4.02. The Morgan fingerprint density at radius 3 is 2.69 bits per heavy atom. The molecule has 2 rings (SSSR count). The lowest BCUT2D eigenvalue weighted by Gasteiger charge is -2.17. The van der Waals surface area contributed by atoms with Crippen molar-refractivity contribution in [2.75, 3.05) is 7.05 Å². The fraction of sp³-hybridized carbons (Fsp3) is 0.556. The van der Waals surface area contributed by atoms with Crippen LogP contribution in [0.5, 0.6) is 0 Å². The molecule has 0 saturated carbocycles. The van der Waals surface area contributed by atoms with Gasteiger partial charge in [0.25, 0.3) is 0 Å². The number of fused-ring (bicyclic) bond motifs is 1. The number of imide groups is 1. The molecule has 3 nitrogen and oxygen atoms in total. The summed E-state index contributed by atoms with van der Waals surface area (Å²) >= 11 is 5.82. The highest BCUT2D eigenvalue weighted by atomic mass is 35.5. The topological polar surface area (TPSA) is 37.4 Å². The minimum Gasteiger partial charge on any atom is -0.285 e. The molecular weight excluding hydrogens is 190 g/mol. The van der Waals surface area contributed by atoms with Crippen molar-refractivity contribution in [2.24, 2.45) is 11.8 Å². The fourth-order valence-corrected chi connectivity index (χ4v) is 2.25. The molecule has 2 atom stereocenters. The van der Waals surface area contributed by atoms with Crippen LogP contribution in [0.1, 0.15) is 12.8 Å². The molecule has 0 aromatic rings. The van der Waals surface area contributed by atoms with Gasteiger partial charge in [-0.15, -0.1) is 0 Å². The largest absolute Gasteiger partial charge is 0.285 e. The Morgan fingerprint density at radius 2 is 2.00 bits per heavy atom. The second kappa shape index (κ2) is 2.84. The molecule has 2 unspecified atom stereocenters. The quantitative estimate of drug-likeness (QED) is 0.549. The lowest BCUT2D eigenvalue weighted by molar-refractivity contribution is -0.138. The van der Waals surface area contributed by atoms with Crippen LogP contribution in [0, 0.1) is 11.8 Å². The maximum atomic E-state index is 11.5. The molecule has 0 N–H and O–H groups in total. The molecule has 0 bridgehead atoms. The van der Waals surface area contributed by atoms with Gasteiger partial charge in [-0.05, 0) is 12.8 Å². The van der Waals surface area contributed by atoms with E-state index in [1.807, 2.05) is 6.08 Å². The molecule has 2 amide bonds. The molecule has 1 saturated heterocycles. The van der Waals surface area contributed by atoms with Crippen molar-refractivity contribution in [1.82, 2.24) is 4.90 Å². The Balaban J connectivity index is 2.30. The Hall–Kier alpha value is -0.830. The first-order valence-electron chi connectivity index (χ1n) is 4.27. The van der Waals surface area contributed by atoms with Crippen LogP contribution in [0.4, 0.5) is 0 Å². The van der Waals surface area contributed by atoms with Gasteiger partial charge in [-0.3, -0.25) is 14.5 Å². The minimum absolute atomic E-state index is 0.0598. The first kappa shape index (κ1) is 8.75. The molecule has 1 aliphatic heterocycles. The number of halogens is 1. The van der Waals surface area contributed by atoms with Crippen molar-refractivity contribution in [3.05, 3.63) is 11.1 Å². The van der Waals surface area contributed by atoms with E-state index in [2.05, 4.69) is 0 Å². The molecule has 13 heavy (non-hydrogen) atoms. The van der Waals surface area contributed by atoms with Crippen LogP contribution in [0.2, 0.25) is 0 Å². The average molecular weight is 200 g/mol. The Labute approximate surface area is 81.3 Å². The van der Waals surface area contributed by atoms with Gasteiger partial charge in [0.05, 0.1) is 11.8 Å². The third-order valence-corrected chi connectivity index (χ3v) is 3.10. The summed E-state index contributed by atoms with van der Waals surface area (Å²) in [6.07, 6.45) is 2.98. The summed E-state index contributed by atoms with van der Waals surface area (Å²) in [5.74, 6) is -0.494. The monoisotopic (exact) mass is 199 g/mol. The lowest BCUT2D eigenvalue weighted by atomic mass is 9.85. The van der Waals surface area contributed by atoms with Crippen LogP contribution in [0.25, 0.3) is 0 Å². The first-order valence-corrected chi connectivity index (χ1v) is 4.65.